The Hall–Kier alpha value is -1.92. The summed E-state index contributed by atoms with van der Waals surface area (Å²) >= 11 is 6.04. The summed E-state index contributed by atoms with van der Waals surface area (Å²) in [6.07, 6.45) is 5.21. The van der Waals surface area contributed by atoms with Gasteiger partial charge < -0.3 is 15.3 Å². The van der Waals surface area contributed by atoms with Gasteiger partial charge in [0.25, 0.3) is 0 Å². The van der Waals surface area contributed by atoms with Gasteiger partial charge in [-0.3, -0.25) is 0 Å². The first-order chi connectivity index (χ1) is 12.9. The number of piperidine rings is 1. The first kappa shape index (κ1) is 18.4. The Morgan fingerprint density at radius 2 is 2.00 bits per heavy atom. The molecule has 1 aliphatic heterocycles. The number of halogens is 1. The molecule has 2 aromatic heterocycles. The van der Waals surface area contributed by atoms with E-state index in [1.807, 2.05) is 18.3 Å². The van der Waals surface area contributed by atoms with Crippen molar-refractivity contribution in [1.29, 1.82) is 0 Å². The minimum Gasteiger partial charge on any atom is -0.393 e. The average Bonchev–Trinajstić information content (AvgIpc) is 2.61. The molecule has 0 aromatic carbocycles. The highest BCUT2D eigenvalue weighted by atomic mass is 35.5. The molecule has 27 heavy (non-hydrogen) atoms. The van der Waals surface area contributed by atoms with Gasteiger partial charge in [-0.15, -0.1) is 0 Å². The highest BCUT2D eigenvalue weighted by Crippen LogP contribution is 2.41. The van der Waals surface area contributed by atoms with Gasteiger partial charge >= 0.3 is 0 Å². The number of pyridine rings is 1. The van der Waals surface area contributed by atoms with E-state index in [9.17, 15) is 5.11 Å². The summed E-state index contributed by atoms with van der Waals surface area (Å²) in [7, 11) is 0. The van der Waals surface area contributed by atoms with E-state index in [1.54, 1.807) is 6.07 Å². The lowest BCUT2D eigenvalue weighted by atomic mass is 9.74. The zero-order valence-electron chi connectivity index (χ0n) is 15.8. The third kappa shape index (κ3) is 4.17. The highest BCUT2D eigenvalue weighted by molar-refractivity contribution is 6.29. The molecular weight excluding hydrogens is 362 g/mol. The molecule has 144 valence electrons. The van der Waals surface area contributed by atoms with Gasteiger partial charge in [0.2, 0.25) is 5.95 Å². The molecule has 1 aliphatic carbocycles. The van der Waals surface area contributed by atoms with E-state index >= 15 is 0 Å². The standard InChI is InChI=1S/C20H26ClN5O/c1-20(2)10-15(23-18-5-3-4-17(21)25-18)14-12-22-19(24-16(14)11-20)26-8-6-13(27)7-9-26/h3-5,12-13,15,27H,6-11H2,1-2H3,(H,23,25). The Kier molecular flexibility index (Phi) is 4.95. The second-order valence-corrected chi connectivity index (χ2v) is 8.77. The lowest BCUT2D eigenvalue weighted by molar-refractivity contribution is 0.145. The van der Waals surface area contributed by atoms with Gasteiger partial charge in [0.15, 0.2) is 0 Å². The van der Waals surface area contributed by atoms with Crippen molar-refractivity contribution >= 4 is 23.4 Å². The van der Waals surface area contributed by atoms with E-state index in [0.717, 1.165) is 61.8 Å². The van der Waals surface area contributed by atoms with Crippen molar-refractivity contribution in [1.82, 2.24) is 15.0 Å². The zero-order valence-corrected chi connectivity index (χ0v) is 16.6. The monoisotopic (exact) mass is 387 g/mol. The fourth-order valence-corrected chi connectivity index (χ4v) is 4.21. The maximum atomic E-state index is 9.74. The van der Waals surface area contributed by atoms with E-state index in [-0.39, 0.29) is 17.6 Å². The van der Waals surface area contributed by atoms with Crippen LogP contribution in [0.25, 0.3) is 0 Å². The molecule has 7 heteroatoms. The average molecular weight is 388 g/mol. The highest BCUT2D eigenvalue weighted by Gasteiger charge is 2.34. The molecule has 0 spiro atoms. The van der Waals surface area contributed by atoms with Crippen LogP contribution < -0.4 is 10.2 Å². The zero-order chi connectivity index (χ0) is 19.0. The molecule has 1 saturated heterocycles. The van der Waals surface area contributed by atoms with Crippen molar-refractivity contribution in [3.63, 3.8) is 0 Å². The number of hydrogen-bond acceptors (Lipinski definition) is 6. The van der Waals surface area contributed by atoms with E-state index < -0.39 is 0 Å². The smallest absolute Gasteiger partial charge is 0.225 e. The Balaban J connectivity index is 1.61. The number of aliphatic hydroxyl groups is 1. The van der Waals surface area contributed by atoms with Crippen LogP contribution in [0.4, 0.5) is 11.8 Å². The first-order valence-corrected chi connectivity index (χ1v) is 9.95. The third-order valence-corrected chi connectivity index (χ3v) is 5.66. The van der Waals surface area contributed by atoms with Gasteiger partial charge in [-0.05, 0) is 43.2 Å². The maximum absolute atomic E-state index is 9.74. The Labute approximate surface area is 165 Å². The fourth-order valence-electron chi connectivity index (χ4n) is 4.05. The lowest BCUT2D eigenvalue weighted by Gasteiger charge is -2.37. The molecule has 2 aromatic rings. The van der Waals surface area contributed by atoms with Gasteiger partial charge in [0, 0.05) is 24.8 Å². The number of nitrogens with zero attached hydrogens (tertiary/aromatic N) is 4. The molecule has 0 amide bonds. The molecule has 4 rings (SSSR count). The third-order valence-electron chi connectivity index (χ3n) is 5.45. The van der Waals surface area contributed by atoms with Crippen molar-refractivity contribution < 1.29 is 5.11 Å². The molecule has 0 bridgehead atoms. The summed E-state index contributed by atoms with van der Waals surface area (Å²) in [5.41, 5.74) is 2.37. The van der Waals surface area contributed by atoms with Gasteiger partial charge in [-0.1, -0.05) is 31.5 Å². The molecule has 2 aliphatic rings. The first-order valence-electron chi connectivity index (χ1n) is 9.57. The summed E-state index contributed by atoms with van der Waals surface area (Å²) < 4.78 is 0. The molecule has 6 nitrogen and oxygen atoms in total. The fraction of sp³-hybridized carbons (Fsp3) is 0.550. The van der Waals surface area contributed by atoms with Gasteiger partial charge in [0.05, 0.1) is 17.8 Å². The number of nitrogens with one attached hydrogen (secondary N) is 1. The van der Waals surface area contributed by atoms with Crippen LogP contribution in [-0.4, -0.2) is 39.3 Å². The number of hydrogen-bond donors (Lipinski definition) is 2. The molecule has 0 saturated carbocycles. The van der Waals surface area contributed by atoms with Crippen LogP contribution in [-0.2, 0) is 6.42 Å². The molecular formula is C20H26ClN5O. The second-order valence-electron chi connectivity index (χ2n) is 8.38. The number of aromatic nitrogens is 3. The van der Waals surface area contributed by atoms with Gasteiger partial charge in [-0.25, -0.2) is 15.0 Å². The van der Waals surface area contributed by atoms with Crippen molar-refractivity contribution in [3.8, 4) is 0 Å². The Morgan fingerprint density at radius 3 is 2.74 bits per heavy atom. The maximum Gasteiger partial charge on any atom is 0.225 e. The minimum absolute atomic E-state index is 0.104. The summed E-state index contributed by atoms with van der Waals surface area (Å²) in [5.74, 6) is 1.54. The number of fused-ring (bicyclic) bond motifs is 1. The predicted molar refractivity (Wildman–Crippen MR) is 107 cm³/mol. The summed E-state index contributed by atoms with van der Waals surface area (Å²) in [6.45, 7) is 6.15. The molecule has 0 radical (unpaired) electrons. The van der Waals surface area contributed by atoms with Crippen molar-refractivity contribution in [2.24, 2.45) is 5.41 Å². The van der Waals surface area contributed by atoms with Crippen molar-refractivity contribution in [3.05, 3.63) is 40.8 Å². The van der Waals surface area contributed by atoms with E-state index in [2.05, 4.69) is 34.0 Å². The van der Waals surface area contributed by atoms with Crippen LogP contribution in [0, 0.1) is 5.41 Å². The predicted octanol–water partition coefficient (Wildman–Crippen LogP) is 3.61. The number of anilines is 2. The van der Waals surface area contributed by atoms with Crippen LogP contribution in [0.15, 0.2) is 24.4 Å². The van der Waals surface area contributed by atoms with Crippen molar-refractivity contribution in [2.75, 3.05) is 23.3 Å². The summed E-state index contributed by atoms with van der Waals surface area (Å²) in [5, 5.41) is 13.7. The molecule has 1 unspecified atom stereocenters. The summed E-state index contributed by atoms with van der Waals surface area (Å²) in [4.78, 5) is 16.1. The normalized spacial score (nSPS) is 22.4. The van der Waals surface area contributed by atoms with Crippen LogP contribution in [0.5, 0.6) is 0 Å². The largest absolute Gasteiger partial charge is 0.393 e. The molecule has 2 N–H and O–H groups in total. The topological polar surface area (TPSA) is 74.2 Å². The molecule has 1 atom stereocenters. The lowest BCUT2D eigenvalue weighted by Crippen LogP contribution is -2.38. The van der Waals surface area contributed by atoms with E-state index in [1.165, 1.54) is 0 Å². The summed E-state index contributed by atoms with van der Waals surface area (Å²) in [6, 6.07) is 5.71. The van der Waals surface area contributed by atoms with E-state index in [0.29, 0.717) is 5.15 Å². The quantitative estimate of drug-likeness (QED) is 0.783. The van der Waals surface area contributed by atoms with Crippen molar-refractivity contribution in [2.45, 2.75) is 51.7 Å². The Bertz CT molecular complexity index is 820. The van der Waals surface area contributed by atoms with E-state index in [4.69, 9.17) is 16.6 Å². The van der Waals surface area contributed by atoms with Crippen LogP contribution in [0.3, 0.4) is 0 Å². The Morgan fingerprint density at radius 1 is 1.22 bits per heavy atom. The van der Waals surface area contributed by atoms with Crippen LogP contribution in [0.2, 0.25) is 5.15 Å². The number of aliphatic hydroxyl groups excluding tert-OH is 1. The van der Waals surface area contributed by atoms with Gasteiger partial charge in [0.1, 0.15) is 11.0 Å². The van der Waals surface area contributed by atoms with Crippen LogP contribution in [0.1, 0.15) is 50.4 Å². The number of rotatable bonds is 3. The second kappa shape index (κ2) is 7.24. The van der Waals surface area contributed by atoms with Crippen LogP contribution >= 0.6 is 11.6 Å². The van der Waals surface area contributed by atoms with Gasteiger partial charge in [-0.2, -0.15) is 0 Å². The molecule has 3 heterocycles. The molecule has 1 fully saturated rings. The minimum atomic E-state index is -0.198. The SMILES string of the molecule is CC1(C)Cc2nc(N3CCC(O)CC3)ncc2C(Nc2cccc(Cl)n2)C1.